The van der Waals surface area contributed by atoms with Gasteiger partial charge in [0.1, 0.15) is 24.6 Å². The van der Waals surface area contributed by atoms with Crippen molar-refractivity contribution in [3.8, 4) is 5.75 Å². The van der Waals surface area contributed by atoms with Crippen LogP contribution in [0, 0.1) is 83.5 Å². The van der Waals surface area contributed by atoms with Crippen LogP contribution >= 0.6 is 11.6 Å². The second kappa shape index (κ2) is 65.7. The summed E-state index contributed by atoms with van der Waals surface area (Å²) in [4.78, 5) is 66.0. The van der Waals surface area contributed by atoms with Crippen molar-refractivity contribution in [1.82, 2.24) is 0 Å². The van der Waals surface area contributed by atoms with Gasteiger partial charge in [-0.15, -0.1) is 0 Å². The van der Waals surface area contributed by atoms with Gasteiger partial charge in [-0.05, 0) is 77.9 Å². The van der Waals surface area contributed by atoms with Crippen LogP contribution in [-0.2, 0) is 67.8 Å². The van der Waals surface area contributed by atoms with Crippen molar-refractivity contribution in [3.63, 3.8) is 0 Å². The first-order chi connectivity index (χ1) is 49.6. The molecule has 0 spiro atoms. The van der Waals surface area contributed by atoms with Crippen molar-refractivity contribution < 1.29 is 37.7 Å². The Hall–Kier alpha value is -11.9. The van der Waals surface area contributed by atoms with Crippen LogP contribution in [0.5, 0.6) is 5.75 Å². The Kier molecular flexibility index (Phi) is 62.3. The molecule has 0 bridgehead atoms. The van der Waals surface area contributed by atoms with Crippen LogP contribution in [0.3, 0.4) is 0 Å². The predicted octanol–water partition coefficient (Wildman–Crippen LogP) is 21.4. The van der Waals surface area contributed by atoms with Crippen molar-refractivity contribution in [2.75, 3.05) is 47.5 Å². The lowest BCUT2D eigenvalue weighted by Crippen LogP contribution is -2.22. The number of hydrogen-bond acceptors (Lipinski definition) is 7. The summed E-state index contributed by atoms with van der Waals surface area (Å²) in [5.41, 5.74) is 6.18. The Bertz CT molecular complexity index is 3760. The first kappa shape index (κ1) is 98.5. The van der Waals surface area contributed by atoms with Gasteiger partial charge in [0.25, 0.3) is 0 Å². The van der Waals surface area contributed by atoms with Gasteiger partial charge in [-0.25, -0.2) is 81.5 Å². The lowest BCUT2D eigenvalue weighted by atomic mass is 9.82. The first-order valence-corrected chi connectivity index (χ1v) is 33.3. The van der Waals surface area contributed by atoms with Crippen molar-refractivity contribution in [2.45, 2.75) is 170 Å². The van der Waals surface area contributed by atoms with Gasteiger partial charge in [-0.3, -0.25) is 9.59 Å². The summed E-state index contributed by atoms with van der Waals surface area (Å²) < 4.78 is 30.8. The minimum atomic E-state index is -0.477. The molecule has 18 nitrogen and oxygen atoms in total. The van der Waals surface area contributed by atoms with Gasteiger partial charge in [0.05, 0.1) is 27.8 Å². The number of esters is 3. The van der Waals surface area contributed by atoms with Gasteiger partial charge in [-0.2, -0.15) is 0 Å². The molecule has 0 aliphatic heterocycles. The molecule has 1 fully saturated rings. The van der Waals surface area contributed by atoms with Crippen molar-refractivity contribution in [1.29, 1.82) is 0 Å². The number of carbonyl (C=O) groups is 3. The number of halogens is 2. The van der Waals surface area contributed by atoms with Crippen molar-refractivity contribution in [3.05, 3.63) is 334 Å². The average molecular weight is 1430 g/mol. The summed E-state index contributed by atoms with van der Waals surface area (Å²) in [5.74, 6) is -0.474. The predicted molar refractivity (Wildman–Crippen MR) is 413 cm³/mol. The third-order valence-corrected chi connectivity index (χ3v) is 12.8. The standard InChI is InChI=1S/C15H13NO.C9H9N.C9H17N.C8H6ClN.C8H6FN.C8H7N.C7H11N.C6H9NO2.C5H7NO2.C5H9N.C4H5NO2/c1-16-11-13-7-9-15(10-8-13)17-12-14-5-3-2-4-6-14;1-10-8-7-9-5-3-2-4-6-9;1-8(2,3)7-9(4,5)10-6;1-10-6-7-2-4-8(9)5-3-7;1-10-6-7-3-2-4-8(9)5-7;1-9-7-8-5-3-2-4-6-8;1-8-7-5-3-2-4-6-7;1-7-5-3-4-6(8)9-2;1-6-4-3-5(7)8-2;1-5(2,3)6-4;1-5-3-4(6)7-2/h2-10H,11-12H2;2-6H,7-8H2;7H2,1-5H3;2*2-5H,6H2;2-6H,7H2;7H,2-6H2;3-5H2,2H3;3-4H2,2H3;1-3H3;3H2,2H3. The molecule has 0 aromatic heterocycles. The fourth-order valence-corrected chi connectivity index (χ4v) is 7.89. The fraction of sp³-hybridized carbons (Fsp3) is 0.405. The molecule has 20 heteroatoms. The van der Waals surface area contributed by atoms with Gasteiger partial charge in [-0.1, -0.05) is 154 Å². The third-order valence-electron chi connectivity index (χ3n) is 12.5. The quantitative estimate of drug-likeness (QED) is 0.0407. The Morgan fingerprint density at radius 1 is 0.452 bits per heavy atom. The molecule has 1 saturated carbocycles. The molecule has 1 aliphatic carbocycles. The maximum absolute atomic E-state index is 12.4. The molecule has 546 valence electrons. The molecular weight excluding hydrogens is 1330 g/mol. The van der Waals surface area contributed by atoms with Crippen LogP contribution in [0.15, 0.2) is 164 Å². The highest BCUT2D eigenvalue weighted by atomic mass is 35.5. The maximum Gasteiger partial charge on any atom is 0.386 e. The van der Waals surface area contributed by atoms with Gasteiger partial charge in [0.2, 0.25) is 62.9 Å². The molecule has 104 heavy (non-hydrogen) atoms. The Labute approximate surface area is 625 Å². The summed E-state index contributed by atoms with van der Waals surface area (Å²) in [6, 6.07) is 51.3. The molecule has 6 aromatic carbocycles. The van der Waals surface area contributed by atoms with E-state index in [9.17, 15) is 18.8 Å². The number of benzene rings is 6. The van der Waals surface area contributed by atoms with E-state index in [0.29, 0.717) is 63.2 Å². The average Bonchev–Trinajstić information content (AvgIpc) is 0.923. The monoisotopic (exact) mass is 1430 g/mol. The first-order valence-electron chi connectivity index (χ1n) is 32.9. The van der Waals surface area contributed by atoms with E-state index < -0.39 is 5.97 Å². The Morgan fingerprint density at radius 2 is 0.865 bits per heavy atom. The highest BCUT2D eigenvalue weighted by Crippen LogP contribution is 2.29. The molecule has 0 saturated heterocycles. The Balaban J connectivity index is -0.000000535. The summed E-state index contributed by atoms with van der Waals surface area (Å²) >= 11 is 5.63. The van der Waals surface area contributed by atoms with Crippen molar-refractivity contribution in [2.24, 2.45) is 5.41 Å². The summed E-state index contributed by atoms with van der Waals surface area (Å²) in [7, 11) is 3.92. The molecule has 7 rings (SSSR count). The minimum Gasteiger partial charge on any atom is -0.489 e. The summed E-state index contributed by atoms with van der Waals surface area (Å²) in [6.45, 7) is 91.4. The molecule has 6 aromatic rings. The second-order valence-corrected chi connectivity index (χ2v) is 25.0. The smallest absolute Gasteiger partial charge is 0.386 e. The highest BCUT2D eigenvalue weighted by molar-refractivity contribution is 6.30. The van der Waals surface area contributed by atoms with E-state index in [1.807, 2.05) is 162 Å². The zero-order valence-corrected chi connectivity index (χ0v) is 62.9. The van der Waals surface area contributed by atoms with Crippen LogP contribution in [-0.4, -0.2) is 82.5 Å². The van der Waals surface area contributed by atoms with E-state index in [1.54, 1.807) is 24.3 Å². The lowest BCUT2D eigenvalue weighted by molar-refractivity contribution is -0.141. The van der Waals surface area contributed by atoms with Crippen LogP contribution in [0.2, 0.25) is 5.02 Å². The van der Waals surface area contributed by atoms with Gasteiger partial charge >= 0.3 is 24.5 Å². The maximum atomic E-state index is 12.4. The zero-order chi connectivity index (χ0) is 79.1. The van der Waals surface area contributed by atoms with E-state index in [1.165, 1.54) is 58.3 Å². The molecule has 0 atom stereocenters. The van der Waals surface area contributed by atoms with E-state index in [0.717, 1.165) is 59.3 Å². The minimum absolute atomic E-state index is 0.167. The van der Waals surface area contributed by atoms with Crippen molar-refractivity contribution >= 4 is 29.5 Å². The largest absolute Gasteiger partial charge is 0.489 e. The number of hydrogen-bond donors (Lipinski definition) is 0. The lowest BCUT2D eigenvalue weighted by Gasteiger charge is -2.22. The molecule has 0 N–H and O–H groups in total. The second-order valence-electron chi connectivity index (χ2n) is 24.6. The molecule has 1 aliphatic rings. The molecule has 0 radical (unpaired) electrons. The highest BCUT2D eigenvalue weighted by Gasteiger charge is 2.29. The van der Waals surface area contributed by atoms with E-state index >= 15 is 0 Å². The number of methoxy groups -OCH3 is 3. The van der Waals surface area contributed by atoms with Gasteiger partial charge in [0, 0.05) is 94.0 Å². The fourth-order valence-electron chi connectivity index (χ4n) is 7.77. The summed E-state index contributed by atoms with van der Waals surface area (Å²) in [5, 5.41) is 0.716. The van der Waals surface area contributed by atoms with Crippen LogP contribution in [0.25, 0.3) is 53.3 Å². The molecular formula is C84H99ClFN11O7. The van der Waals surface area contributed by atoms with Crippen LogP contribution in [0.1, 0.15) is 147 Å². The number of ether oxygens (including phenoxy) is 4. The SMILES string of the molecule is [C-]#[N+]C(C)(C)C.[C-]#[N+]C(C)(C)CC(C)(C)C.[C-]#[N+]C1CCCCC1.[C-]#[N+]CC(=O)OC.[C-]#[N+]CCC(=O)OC.[C-]#[N+]CCCC(=O)OC.[C-]#[N+]CCc1ccccc1.[C-]#[N+]Cc1ccc(Cl)cc1.[C-]#[N+]Cc1ccc(OCc2ccccc2)cc1.[C-]#[N+]Cc1cccc(F)c1.[C-]#[N+]Cc1ccccc1. The number of nitrogens with zero attached hydrogens (tertiary/aromatic N) is 11. The van der Waals surface area contributed by atoms with E-state index in [2.05, 4.69) is 88.3 Å². The van der Waals surface area contributed by atoms with Gasteiger partial charge in [0.15, 0.2) is 0 Å². The molecule has 0 unspecified atom stereocenters. The number of rotatable bonds is 16. The third kappa shape index (κ3) is 67.3. The molecule has 0 amide bonds. The molecule has 0 heterocycles. The topological polar surface area (TPSA) is 136 Å². The van der Waals surface area contributed by atoms with Gasteiger partial charge < -0.3 is 72.2 Å². The van der Waals surface area contributed by atoms with E-state index in [-0.39, 0.29) is 60.3 Å². The Morgan fingerprint density at radius 3 is 1.23 bits per heavy atom. The van der Waals surface area contributed by atoms with E-state index in [4.69, 9.17) is 88.6 Å². The van der Waals surface area contributed by atoms with Crippen LogP contribution < -0.4 is 4.74 Å². The number of carbonyl (C=O) groups excluding carboxylic acids is 3. The summed E-state index contributed by atoms with van der Waals surface area (Å²) in [6.07, 6.45) is 9.25. The zero-order valence-electron chi connectivity index (χ0n) is 62.1. The normalized spacial score (nSPS) is 10.1. The van der Waals surface area contributed by atoms with Crippen LogP contribution in [0.4, 0.5) is 4.39 Å².